The van der Waals surface area contributed by atoms with Gasteiger partial charge in [-0.2, -0.15) is 10.4 Å². The van der Waals surface area contributed by atoms with E-state index >= 15 is 4.39 Å². The van der Waals surface area contributed by atoms with Crippen molar-refractivity contribution in [1.29, 1.82) is 5.26 Å². The molecule has 50 heavy (non-hydrogen) atoms. The zero-order valence-corrected chi connectivity index (χ0v) is 28.8. The molecular weight excluding hydrogens is 635 g/mol. The largest absolute Gasteiger partial charge is 0.457 e. The highest BCUT2D eigenvalue weighted by atomic mass is 19.1. The maximum atomic E-state index is 15.7. The Kier molecular flexibility index (Phi) is 9.07. The number of rotatable bonds is 8. The fraction of sp³-hybridized carbons (Fsp3) is 0.421. The van der Waals surface area contributed by atoms with Gasteiger partial charge in [0, 0.05) is 62.6 Å². The molecular formula is C38H43FN8O3. The summed E-state index contributed by atoms with van der Waals surface area (Å²) in [6, 6.07) is 17.7. The predicted octanol–water partition coefficient (Wildman–Crippen LogP) is 5.41. The third kappa shape index (κ3) is 6.44. The Labute approximate surface area is 291 Å². The first-order chi connectivity index (χ1) is 24.1. The number of ether oxygens (including phenoxy) is 2. The van der Waals surface area contributed by atoms with Crippen LogP contribution < -0.4 is 10.5 Å². The summed E-state index contributed by atoms with van der Waals surface area (Å²) in [6.45, 7) is 12.3. The predicted molar refractivity (Wildman–Crippen MR) is 189 cm³/mol. The van der Waals surface area contributed by atoms with Crippen LogP contribution in [0.5, 0.6) is 11.5 Å². The first-order valence-corrected chi connectivity index (χ1v) is 17.2. The number of benzene rings is 2. The van der Waals surface area contributed by atoms with Crippen LogP contribution in [0.4, 0.5) is 10.2 Å². The van der Waals surface area contributed by atoms with E-state index in [1.165, 1.54) is 6.07 Å². The lowest BCUT2D eigenvalue weighted by Gasteiger charge is -2.52. The summed E-state index contributed by atoms with van der Waals surface area (Å²) < 4.78 is 28.9. The van der Waals surface area contributed by atoms with E-state index in [0.717, 1.165) is 52.2 Å². The van der Waals surface area contributed by atoms with Crippen LogP contribution in [0.15, 0.2) is 72.4 Å². The number of fused-ring (bicyclic) bond motifs is 1. The van der Waals surface area contributed by atoms with Crippen molar-refractivity contribution in [2.24, 2.45) is 0 Å². The molecule has 0 spiro atoms. The minimum atomic E-state index is -0.507. The Hall–Kier alpha value is -4.83. The van der Waals surface area contributed by atoms with Crippen molar-refractivity contribution >= 4 is 22.6 Å². The average Bonchev–Trinajstić information content (AvgIpc) is 3.50. The Bertz CT molecular complexity index is 1960. The SMILES string of the molecule is CC(C)(/C=C(\C#N)C(=O)N1CCC[C@@H](n2nc(-c3ccc(Oc4ccccc4)cc3F)c3c(N)nccc32)C1)N1CCN(C2(C)COC2)CC1. The second kappa shape index (κ2) is 13.5. The Morgan fingerprint density at radius 2 is 1.86 bits per heavy atom. The first kappa shape index (κ1) is 33.7. The maximum absolute atomic E-state index is 15.7. The zero-order valence-electron chi connectivity index (χ0n) is 28.8. The molecule has 0 saturated carbocycles. The van der Waals surface area contributed by atoms with Crippen LogP contribution in [-0.4, -0.2) is 98.9 Å². The number of pyridine rings is 1. The summed E-state index contributed by atoms with van der Waals surface area (Å²) in [5, 5.41) is 15.7. The van der Waals surface area contributed by atoms with Crippen molar-refractivity contribution in [3.05, 3.63) is 78.3 Å². The number of nitriles is 1. The van der Waals surface area contributed by atoms with Crippen LogP contribution in [-0.2, 0) is 9.53 Å². The van der Waals surface area contributed by atoms with Crippen molar-refractivity contribution in [2.45, 2.75) is 50.7 Å². The fourth-order valence-corrected chi connectivity index (χ4v) is 7.45. The van der Waals surface area contributed by atoms with Gasteiger partial charge < -0.3 is 20.1 Å². The highest BCUT2D eigenvalue weighted by molar-refractivity contribution is 6.00. The fourth-order valence-electron chi connectivity index (χ4n) is 7.45. The van der Waals surface area contributed by atoms with Crippen molar-refractivity contribution in [1.82, 2.24) is 29.5 Å². The van der Waals surface area contributed by atoms with E-state index < -0.39 is 11.4 Å². The number of nitrogen functional groups attached to an aromatic ring is 1. The van der Waals surface area contributed by atoms with Gasteiger partial charge in [-0.05, 0) is 70.0 Å². The second-order valence-electron chi connectivity index (χ2n) is 14.3. The number of piperidine rings is 1. The minimum Gasteiger partial charge on any atom is -0.457 e. The molecule has 3 aliphatic rings. The van der Waals surface area contributed by atoms with E-state index in [0.29, 0.717) is 41.2 Å². The van der Waals surface area contributed by atoms with E-state index in [9.17, 15) is 10.1 Å². The van der Waals surface area contributed by atoms with Gasteiger partial charge >= 0.3 is 0 Å². The lowest BCUT2D eigenvalue weighted by atomic mass is 9.94. The van der Waals surface area contributed by atoms with Gasteiger partial charge in [-0.25, -0.2) is 9.37 Å². The molecule has 3 saturated heterocycles. The van der Waals surface area contributed by atoms with Gasteiger partial charge in [-0.3, -0.25) is 19.3 Å². The van der Waals surface area contributed by atoms with Crippen LogP contribution in [0.2, 0.25) is 0 Å². The summed E-state index contributed by atoms with van der Waals surface area (Å²) in [7, 11) is 0. The van der Waals surface area contributed by atoms with Gasteiger partial charge in [0.05, 0.1) is 35.7 Å². The Morgan fingerprint density at radius 1 is 1.10 bits per heavy atom. The monoisotopic (exact) mass is 678 g/mol. The number of hydrogen-bond acceptors (Lipinski definition) is 9. The number of aromatic nitrogens is 3. The van der Waals surface area contributed by atoms with E-state index in [2.05, 4.69) is 41.6 Å². The molecule has 0 bridgehead atoms. The maximum Gasteiger partial charge on any atom is 0.264 e. The molecule has 3 fully saturated rings. The number of likely N-dealkylation sites (tertiary alicyclic amines) is 1. The number of halogens is 1. The molecule has 0 aliphatic carbocycles. The number of anilines is 1. The van der Waals surface area contributed by atoms with Gasteiger partial charge in [0.1, 0.15) is 40.5 Å². The Balaban J connectivity index is 1.11. The minimum absolute atomic E-state index is 0.101. The number of hydrogen-bond donors (Lipinski definition) is 1. The Morgan fingerprint density at radius 3 is 2.54 bits per heavy atom. The van der Waals surface area contributed by atoms with E-state index in [1.807, 2.05) is 35.0 Å². The number of nitrogens with two attached hydrogens (primary N) is 1. The molecule has 1 amide bonds. The topological polar surface area (TPSA) is 126 Å². The van der Waals surface area contributed by atoms with Gasteiger partial charge in [-0.1, -0.05) is 18.2 Å². The van der Waals surface area contributed by atoms with Crippen molar-refractivity contribution in [2.75, 3.05) is 58.2 Å². The quantitative estimate of drug-likeness (QED) is 0.192. The molecule has 260 valence electrons. The molecule has 7 rings (SSSR count). The molecule has 0 radical (unpaired) electrons. The second-order valence-corrected chi connectivity index (χ2v) is 14.3. The third-order valence-corrected chi connectivity index (χ3v) is 10.4. The van der Waals surface area contributed by atoms with Crippen LogP contribution in [0.3, 0.4) is 0 Å². The van der Waals surface area contributed by atoms with E-state index in [4.69, 9.17) is 20.3 Å². The van der Waals surface area contributed by atoms with Crippen LogP contribution in [0, 0.1) is 17.1 Å². The highest BCUT2D eigenvalue weighted by Gasteiger charge is 2.42. The molecule has 2 N–H and O–H groups in total. The van der Waals surface area contributed by atoms with E-state index in [-0.39, 0.29) is 34.4 Å². The van der Waals surface area contributed by atoms with Crippen molar-refractivity contribution in [3.8, 4) is 28.8 Å². The summed E-state index contributed by atoms with van der Waals surface area (Å²) in [5.74, 6) is 0.404. The third-order valence-electron chi connectivity index (χ3n) is 10.4. The molecule has 0 unspecified atom stereocenters. The first-order valence-electron chi connectivity index (χ1n) is 17.2. The lowest BCUT2D eigenvalue weighted by molar-refractivity contribution is -0.142. The molecule has 11 nitrogen and oxygen atoms in total. The smallest absolute Gasteiger partial charge is 0.264 e. The molecule has 1 atom stereocenters. The summed E-state index contributed by atoms with van der Waals surface area (Å²) in [6.07, 6.45) is 4.90. The normalized spacial score (nSPS) is 20.3. The van der Waals surface area contributed by atoms with Gasteiger partial charge in [-0.15, -0.1) is 0 Å². The van der Waals surface area contributed by atoms with Crippen LogP contribution in [0.1, 0.15) is 39.7 Å². The van der Waals surface area contributed by atoms with Gasteiger partial charge in [0.15, 0.2) is 0 Å². The standard InChI is InChI=1S/C38H43FN8O3/c1-37(2,45-16-18-46(19-17-45)38(3)24-49-25-38)21-26(22-40)36(48)44-15-7-8-27(23-44)47-32-13-14-42-35(41)33(32)34(43-47)30-12-11-29(20-31(30)39)50-28-9-5-4-6-10-28/h4-6,9-14,20-21,27H,7-8,15-19,23-25H2,1-3H3,(H2,41,42)/b26-21+/t27-/m1/s1. The number of amides is 1. The van der Waals surface area contributed by atoms with Crippen LogP contribution >= 0.6 is 0 Å². The number of nitrogens with zero attached hydrogens (tertiary/aromatic N) is 7. The summed E-state index contributed by atoms with van der Waals surface area (Å²) >= 11 is 0. The molecule has 2 aromatic heterocycles. The van der Waals surface area contributed by atoms with Crippen molar-refractivity contribution in [3.63, 3.8) is 0 Å². The van der Waals surface area contributed by atoms with Gasteiger partial charge in [0.25, 0.3) is 5.91 Å². The zero-order chi connectivity index (χ0) is 35.0. The number of piperazine rings is 1. The highest BCUT2D eigenvalue weighted by Crippen LogP contribution is 2.37. The molecule has 12 heteroatoms. The summed E-state index contributed by atoms with van der Waals surface area (Å²) in [4.78, 5) is 24.8. The van der Waals surface area contributed by atoms with Crippen molar-refractivity contribution < 1.29 is 18.7 Å². The van der Waals surface area contributed by atoms with E-state index in [1.54, 1.807) is 35.4 Å². The molecule has 4 aromatic rings. The lowest BCUT2D eigenvalue weighted by Crippen LogP contribution is -2.66. The molecule has 3 aliphatic heterocycles. The average molecular weight is 679 g/mol. The van der Waals surface area contributed by atoms with Gasteiger partial charge in [0.2, 0.25) is 0 Å². The van der Waals surface area contributed by atoms with Crippen LogP contribution in [0.25, 0.3) is 22.2 Å². The summed E-state index contributed by atoms with van der Waals surface area (Å²) in [5.41, 5.74) is 7.48. The molecule has 2 aromatic carbocycles. The number of carbonyl (C=O) groups excluding carboxylic acids is 1. The molecule has 5 heterocycles. The number of carbonyl (C=O) groups is 1. The number of para-hydroxylation sites is 1.